The van der Waals surface area contributed by atoms with Crippen molar-refractivity contribution in [1.29, 1.82) is 10.5 Å². The molecule has 4 aliphatic rings. The number of aldehydes is 1. The summed E-state index contributed by atoms with van der Waals surface area (Å²) in [5, 5.41) is 27.3. The minimum atomic E-state index is -4.64. The van der Waals surface area contributed by atoms with Gasteiger partial charge in [-0.1, -0.05) is 24.3 Å². The lowest BCUT2D eigenvalue weighted by atomic mass is 9.65. The van der Waals surface area contributed by atoms with Crippen molar-refractivity contribution < 1.29 is 91.7 Å². The van der Waals surface area contributed by atoms with E-state index in [0.29, 0.717) is 11.1 Å². The van der Waals surface area contributed by atoms with Crippen LogP contribution in [0.25, 0.3) is 0 Å². The van der Waals surface area contributed by atoms with Gasteiger partial charge in [0.15, 0.2) is 0 Å². The first kappa shape index (κ1) is 58.8. The summed E-state index contributed by atoms with van der Waals surface area (Å²) in [4.78, 5) is 91.0. The van der Waals surface area contributed by atoms with Crippen LogP contribution in [0.2, 0.25) is 0 Å². The number of hydrogen-bond donors (Lipinski definition) is 1. The van der Waals surface area contributed by atoms with Crippen LogP contribution in [0.1, 0.15) is 79.8 Å². The molecule has 412 valence electrons. The Balaban J connectivity index is 0.000000229. The molecule has 4 amide bonds. The summed E-state index contributed by atoms with van der Waals surface area (Å²) in [6.07, 6.45) is -15.3. The third-order valence-corrected chi connectivity index (χ3v) is 13.0. The molecule has 8 rings (SSSR count). The predicted molar refractivity (Wildman–Crippen MR) is 247 cm³/mol. The quantitative estimate of drug-likeness (QED) is 0.100. The molecule has 78 heavy (non-hydrogen) atoms. The molecule has 2 aliphatic carbocycles. The first-order valence-corrected chi connectivity index (χ1v) is 23.1. The molecule has 4 fully saturated rings. The number of piperazine rings is 2. The number of carboxylic acids is 1. The fourth-order valence-corrected chi connectivity index (χ4v) is 9.25. The van der Waals surface area contributed by atoms with Gasteiger partial charge in [0.25, 0.3) is 11.8 Å². The fraction of sp³-hybridized carbons (Fsp3) is 0.365. The standard InChI is InChI=1S/C27H25F4N3O4.C23H17F4N3O4.C2HF3O/c1-25(2,3)38-23(36)18-11-26(12-18)24(37)33(21-9-6-17(13-32)10-20(21)28)15-22(35)34(26)14-16-4-7-19(8-5-16)27(29,30)31;24-17-7-14(10-28)3-6-18(17)29-12-19(31)30(22(21(29)34)8-15(9-22)20(32)33)11-13-1-4-16(5-2-13)23(25,26)27;3-2(4,5)1-6/h4-10,18H,11-12,14-15H2,1-3H3;1-7,15H,8-9,11-12H2,(H,32,33);1H. The van der Waals surface area contributed by atoms with E-state index in [4.69, 9.17) is 20.1 Å². The number of halogens is 11. The average molecular weight is 1100 g/mol. The first-order chi connectivity index (χ1) is 36.2. The third-order valence-electron chi connectivity index (χ3n) is 13.0. The number of carbonyl (C=O) groups excluding carboxylic acids is 6. The van der Waals surface area contributed by atoms with Crippen molar-refractivity contribution in [3.05, 3.63) is 130 Å². The summed E-state index contributed by atoms with van der Waals surface area (Å²) >= 11 is 0. The number of ether oxygens (including phenoxy) is 1. The van der Waals surface area contributed by atoms with E-state index in [1.54, 1.807) is 32.9 Å². The number of hydrogen-bond acceptors (Lipinski definition) is 10. The highest BCUT2D eigenvalue weighted by Crippen LogP contribution is 2.50. The van der Waals surface area contributed by atoms with Crippen LogP contribution in [0.5, 0.6) is 0 Å². The number of carbonyl (C=O) groups is 7. The smallest absolute Gasteiger partial charge is 0.446 e. The van der Waals surface area contributed by atoms with E-state index in [9.17, 15) is 82.2 Å². The van der Waals surface area contributed by atoms with Crippen LogP contribution in [0.15, 0.2) is 84.9 Å². The first-order valence-electron chi connectivity index (χ1n) is 23.1. The molecule has 2 spiro atoms. The number of alkyl halides is 9. The molecule has 0 bridgehead atoms. The SMILES string of the molecule is CC(C)(C)OC(=O)C1CC2(C1)C(=O)N(c1ccc(C#N)cc1F)CC(=O)N2Cc1ccc(C(F)(F)F)cc1.N#Cc1ccc(N2CC(=O)N(Cc3ccc(C(F)(F)F)cc3)C3(CC(C(=O)O)C3)C2=O)c(F)c1.O=CC(F)(F)F. The lowest BCUT2D eigenvalue weighted by Crippen LogP contribution is -2.73. The van der Waals surface area contributed by atoms with Crippen LogP contribution >= 0.6 is 0 Å². The third kappa shape index (κ3) is 12.7. The second kappa shape index (κ2) is 21.9. The number of nitrogens with zero attached hydrogens (tertiary/aromatic N) is 6. The molecule has 4 aromatic rings. The second-order valence-electron chi connectivity index (χ2n) is 19.5. The van der Waals surface area contributed by atoms with Crippen LogP contribution < -0.4 is 9.80 Å². The Kier molecular flexibility index (Phi) is 16.5. The Bertz CT molecular complexity index is 3100. The monoisotopic (exact) mass is 1100 g/mol. The summed E-state index contributed by atoms with van der Waals surface area (Å²) in [6, 6.07) is 18.8. The van der Waals surface area contributed by atoms with Crippen molar-refractivity contribution in [2.24, 2.45) is 11.8 Å². The molecular weight excluding hydrogens is 1060 g/mol. The molecule has 0 atom stereocenters. The molecule has 0 aromatic heterocycles. The van der Waals surface area contributed by atoms with E-state index in [1.165, 1.54) is 58.3 Å². The zero-order valence-corrected chi connectivity index (χ0v) is 41.0. The number of nitriles is 2. The van der Waals surface area contributed by atoms with Crippen molar-refractivity contribution in [3.8, 4) is 12.1 Å². The molecule has 0 radical (unpaired) electrons. The minimum absolute atomic E-state index is 0.0188. The summed E-state index contributed by atoms with van der Waals surface area (Å²) in [5.41, 5.74) is -5.24. The van der Waals surface area contributed by atoms with Gasteiger partial charge in [0.2, 0.25) is 18.1 Å². The van der Waals surface area contributed by atoms with Gasteiger partial charge >= 0.3 is 30.5 Å². The molecule has 0 unspecified atom stereocenters. The predicted octanol–water partition coefficient (Wildman–Crippen LogP) is 8.65. The molecule has 15 nitrogen and oxygen atoms in total. The molecular formula is C52H43F11N6O9. The van der Waals surface area contributed by atoms with Crippen LogP contribution in [0.3, 0.4) is 0 Å². The van der Waals surface area contributed by atoms with E-state index in [-0.39, 0.29) is 61.3 Å². The summed E-state index contributed by atoms with van der Waals surface area (Å²) < 4.78 is 144. The highest BCUT2D eigenvalue weighted by Gasteiger charge is 2.63. The Morgan fingerprint density at radius 1 is 0.628 bits per heavy atom. The van der Waals surface area contributed by atoms with Crippen molar-refractivity contribution in [2.45, 2.75) is 94.8 Å². The van der Waals surface area contributed by atoms with Crippen molar-refractivity contribution in [1.82, 2.24) is 9.80 Å². The van der Waals surface area contributed by atoms with E-state index < -0.39 is 125 Å². The number of amides is 4. The van der Waals surface area contributed by atoms with Gasteiger partial charge in [-0.15, -0.1) is 0 Å². The second-order valence-corrected chi connectivity index (χ2v) is 19.5. The van der Waals surface area contributed by atoms with Crippen molar-refractivity contribution >= 4 is 53.2 Å². The molecule has 2 saturated heterocycles. The van der Waals surface area contributed by atoms with Gasteiger partial charge in [0, 0.05) is 13.1 Å². The summed E-state index contributed by atoms with van der Waals surface area (Å²) in [7, 11) is 0. The number of benzene rings is 4. The largest absolute Gasteiger partial charge is 0.481 e. The molecule has 2 saturated carbocycles. The van der Waals surface area contributed by atoms with Crippen LogP contribution in [-0.4, -0.2) is 92.7 Å². The fourth-order valence-electron chi connectivity index (χ4n) is 9.25. The zero-order chi connectivity index (χ0) is 58.1. The van der Waals surface area contributed by atoms with Crippen molar-refractivity contribution in [3.63, 3.8) is 0 Å². The Morgan fingerprint density at radius 3 is 1.26 bits per heavy atom. The molecule has 2 aliphatic heterocycles. The van der Waals surface area contributed by atoms with Crippen molar-refractivity contribution in [2.75, 3.05) is 22.9 Å². The van der Waals surface area contributed by atoms with E-state index in [0.717, 1.165) is 46.2 Å². The van der Waals surface area contributed by atoms with Gasteiger partial charge in [-0.3, -0.25) is 43.4 Å². The Labute approximate surface area is 435 Å². The van der Waals surface area contributed by atoms with Crippen LogP contribution in [0.4, 0.5) is 59.7 Å². The van der Waals surface area contributed by atoms with E-state index in [2.05, 4.69) is 0 Å². The lowest BCUT2D eigenvalue weighted by molar-refractivity contribution is -0.178. The topological polar surface area (TPSA) is 209 Å². The highest BCUT2D eigenvalue weighted by atomic mass is 19.4. The molecule has 1 N–H and O–H groups in total. The molecule has 2 heterocycles. The van der Waals surface area contributed by atoms with Gasteiger partial charge in [0.05, 0.1) is 57.6 Å². The molecule has 26 heteroatoms. The molecule has 4 aromatic carbocycles. The average Bonchev–Trinajstić information content (AvgIpc) is 3.32. The summed E-state index contributed by atoms with van der Waals surface area (Å²) in [6.45, 7) is 3.65. The van der Waals surface area contributed by atoms with E-state index in [1.807, 2.05) is 0 Å². The number of esters is 1. The highest BCUT2D eigenvalue weighted by molar-refractivity contribution is 6.11. The van der Waals surface area contributed by atoms with E-state index >= 15 is 0 Å². The number of anilines is 2. The zero-order valence-electron chi connectivity index (χ0n) is 41.0. The van der Waals surface area contributed by atoms with Crippen LogP contribution in [0, 0.1) is 46.1 Å². The number of carboxylic acid groups (broad SMARTS) is 1. The maximum atomic E-state index is 14.8. The van der Waals surface area contributed by atoms with Gasteiger partial charge < -0.3 is 19.6 Å². The lowest BCUT2D eigenvalue weighted by Gasteiger charge is -2.56. The van der Waals surface area contributed by atoms with Gasteiger partial charge in [0.1, 0.15) is 41.4 Å². The minimum Gasteiger partial charge on any atom is -0.481 e. The van der Waals surface area contributed by atoms with Gasteiger partial charge in [-0.05, 0) is 118 Å². The van der Waals surface area contributed by atoms with Gasteiger partial charge in [-0.25, -0.2) is 8.78 Å². The maximum absolute atomic E-state index is 14.8. The Hall–Kier alpha value is -8.42. The maximum Gasteiger partial charge on any atom is 0.446 e. The normalized spacial score (nSPS) is 21.3. The Morgan fingerprint density at radius 2 is 0.974 bits per heavy atom. The van der Waals surface area contributed by atoms with Gasteiger partial charge in [-0.2, -0.15) is 50.0 Å². The summed E-state index contributed by atoms with van der Waals surface area (Å²) in [5.74, 6) is -7.51. The van der Waals surface area contributed by atoms with Crippen LogP contribution in [-0.2, 0) is 63.7 Å². The number of rotatable bonds is 8. The number of aliphatic carboxylic acids is 1.